The van der Waals surface area contributed by atoms with Crippen LogP contribution in [0.4, 0.5) is 5.69 Å². The van der Waals surface area contributed by atoms with Gasteiger partial charge in [0.1, 0.15) is 0 Å². The van der Waals surface area contributed by atoms with Gasteiger partial charge in [-0.05, 0) is 25.0 Å². The third kappa shape index (κ3) is 2.76. The number of carbonyl (C=O) groups excluding carboxylic acids is 1. The molecule has 0 saturated heterocycles. The molecule has 4 nitrogen and oxygen atoms in total. The number of ether oxygens (including phenoxy) is 1. The monoisotopic (exact) mass is 268 g/mol. The van der Waals surface area contributed by atoms with Gasteiger partial charge in [0.05, 0.1) is 17.2 Å². The van der Waals surface area contributed by atoms with E-state index in [1.807, 2.05) is 0 Å². The van der Waals surface area contributed by atoms with E-state index in [0.717, 1.165) is 12.8 Å². The van der Waals surface area contributed by atoms with E-state index in [-0.39, 0.29) is 5.91 Å². The molecule has 18 heavy (non-hydrogen) atoms. The van der Waals surface area contributed by atoms with Crippen molar-refractivity contribution < 1.29 is 9.53 Å². The van der Waals surface area contributed by atoms with Crippen molar-refractivity contribution in [3.8, 4) is 0 Å². The summed E-state index contributed by atoms with van der Waals surface area (Å²) in [4.78, 5) is 14.3. The Hall–Kier alpha value is -1.26. The third-order valence-corrected chi connectivity index (χ3v) is 3.36. The number of halogens is 1. The van der Waals surface area contributed by atoms with Crippen molar-refractivity contribution in [3.05, 3.63) is 28.8 Å². The Labute approximate surface area is 112 Å². The maximum atomic E-state index is 12.5. The predicted octanol–water partition coefficient (Wildman–Crippen LogP) is 2.17. The normalized spacial score (nSPS) is 14.6. The molecule has 0 unspecified atom stereocenters. The van der Waals surface area contributed by atoms with Crippen LogP contribution in [0.5, 0.6) is 0 Å². The van der Waals surface area contributed by atoms with Crippen LogP contribution in [-0.4, -0.2) is 37.1 Å². The Kier molecular flexibility index (Phi) is 4.09. The van der Waals surface area contributed by atoms with Crippen molar-refractivity contribution in [1.82, 2.24) is 4.90 Å². The second-order valence-electron chi connectivity index (χ2n) is 4.43. The van der Waals surface area contributed by atoms with Gasteiger partial charge in [-0.3, -0.25) is 4.79 Å². The van der Waals surface area contributed by atoms with Gasteiger partial charge in [-0.1, -0.05) is 17.7 Å². The number of methoxy groups -OCH3 is 1. The van der Waals surface area contributed by atoms with Gasteiger partial charge in [0.25, 0.3) is 5.91 Å². The fourth-order valence-corrected chi connectivity index (χ4v) is 2.20. The maximum absolute atomic E-state index is 12.5. The second-order valence-corrected chi connectivity index (χ2v) is 4.83. The molecule has 5 heteroatoms. The highest BCUT2D eigenvalue weighted by atomic mass is 35.5. The summed E-state index contributed by atoms with van der Waals surface area (Å²) in [7, 11) is 1.62. The largest absolute Gasteiger partial charge is 0.398 e. The highest BCUT2D eigenvalue weighted by Gasteiger charge is 2.34. The van der Waals surface area contributed by atoms with E-state index in [1.54, 1.807) is 30.2 Å². The molecule has 1 aromatic rings. The zero-order chi connectivity index (χ0) is 13.1. The van der Waals surface area contributed by atoms with Crippen molar-refractivity contribution in [2.75, 3.05) is 26.0 Å². The average Bonchev–Trinajstić information content (AvgIpc) is 3.14. The van der Waals surface area contributed by atoms with Gasteiger partial charge in [0.2, 0.25) is 0 Å². The summed E-state index contributed by atoms with van der Waals surface area (Å²) < 4.78 is 5.04. The minimum absolute atomic E-state index is 0.0994. The fourth-order valence-electron chi connectivity index (χ4n) is 1.94. The lowest BCUT2D eigenvalue weighted by Gasteiger charge is -2.23. The number of amides is 1. The number of rotatable bonds is 5. The zero-order valence-electron chi connectivity index (χ0n) is 10.4. The number of hydrogen-bond acceptors (Lipinski definition) is 3. The first-order chi connectivity index (χ1) is 8.65. The molecule has 1 aromatic carbocycles. The van der Waals surface area contributed by atoms with Gasteiger partial charge in [-0.2, -0.15) is 0 Å². The Balaban J connectivity index is 2.22. The van der Waals surface area contributed by atoms with Crippen LogP contribution in [0.3, 0.4) is 0 Å². The van der Waals surface area contributed by atoms with Crippen molar-refractivity contribution in [2.45, 2.75) is 18.9 Å². The molecule has 98 valence electrons. The Morgan fingerprint density at radius 2 is 2.28 bits per heavy atom. The molecule has 0 spiro atoms. The lowest BCUT2D eigenvalue weighted by atomic mass is 10.1. The van der Waals surface area contributed by atoms with E-state index in [4.69, 9.17) is 22.1 Å². The van der Waals surface area contributed by atoms with Gasteiger partial charge >= 0.3 is 0 Å². The number of nitrogens with two attached hydrogens (primary N) is 1. The van der Waals surface area contributed by atoms with Gasteiger partial charge < -0.3 is 15.4 Å². The number of carbonyl (C=O) groups is 1. The molecule has 1 aliphatic carbocycles. The predicted molar refractivity (Wildman–Crippen MR) is 71.8 cm³/mol. The number of nitrogen functional groups attached to an aromatic ring is 1. The van der Waals surface area contributed by atoms with Crippen LogP contribution in [-0.2, 0) is 4.74 Å². The minimum atomic E-state index is -0.0994. The zero-order valence-corrected chi connectivity index (χ0v) is 11.1. The first-order valence-electron chi connectivity index (χ1n) is 5.99. The molecule has 0 heterocycles. The minimum Gasteiger partial charge on any atom is -0.398 e. The molecule has 1 saturated carbocycles. The molecule has 0 radical (unpaired) electrons. The molecule has 1 aliphatic rings. The maximum Gasteiger partial charge on any atom is 0.257 e. The lowest BCUT2D eigenvalue weighted by molar-refractivity contribution is 0.0681. The first-order valence-corrected chi connectivity index (χ1v) is 6.37. The highest BCUT2D eigenvalue weighted by molar-refractivity contribution is 6.34. The fraction of sp³-hybridized carbons (Fsp3) is 0.462. The van der Waals surface area contributed by atoms with Gasteiger partial charge in [-0.25, -0.2) is 0 Å². The van der Waals surface area contributed by atoms with Gasteiger partial charge in [0.15, 0.2) is 0 Å². The topological polar surface area (TPSA) is 55.6 Å². The summed E-state index contributed by atoms with van der Waals surface area (Å²) >= 11 is 6.07. The second kappa shape index (κ2) is 5.59. The van der Waals surface area contributed by atoms with Gasteiger partial charge in [0, 0.05) is 25.4 Å². The average molecular weight is 269 g/mol. The van der Waals surface area contributed by atoms with Crippen LogP contribution in [0.25, 0.3) is 0 Å². The molecule has 0 aliphatic heterocycles. The molecule has 0 bridgehead atoms. The van der Waals surface area contributed by atoms with Crippen molar-refractivity contribution in [2.24, 2.45) is 0 Å². The van der Waals surface area contributed by atoms with Crippen LogP contribution in [0.15, 0.2) is 18.2 Å². The summed E-state index contributed by atoms with van der Waals surface area (Å²) in [5, 5.41) is 0.406. The number of benzene rings is 1. The van der Waals surface area contributed by atoms with Crippen molar-refractivity contribution >= 4 is 23.2 Å². The molecular weight excluding hydrogens is 252 g/mol. The SMILES string of the molecule is COCCN(C(=O)c1c(N)cccc1Cl)C1CC1. The van der Waals surface area contributed by atoms with E-state index in [1.165, 1.54) is 0 Å². The van der Waals surface area contributed by atoms with Crippen LogP contribution in [0.2, 0.25) is 5.02 Å². The molecule has 2 rings (SSSR count). The van der Waals surface area contributed by atoms with Crippen LogP contribution in [0.1, 0.15) is 23.2 Å². The summed E-state index contributed by atoms with van der Waals surface area (Å²) in [5.74, 6) is -0.0994. The molecule has 0 aromatic heterocycles. The molecule has 0 atom stereocenters. The standard InChI is InChI=1S/C13H17ClN2O2/c1-18-8-7-16(9-5-6-9)13(17)12-10(14)3-2-4-11(12)15/h2-4,9H,5-8,15H2,1H3. The van der Waals surface area contributed by atoms with E-state index in [9.17, 15) is 4.79 Å². The summed E-state index contributed by atoms with van der Waals surface area (Å²) in [6.07, 6.45) is 2.08. The summed E-state index contributed by atoms with van der Waals surface area (Å²) in [5.41, 5.74) is 6.68. The number of nitrogens with zero attached hydrogens (tertiary/aromatic N) is 1. The molecule has 1 fully saturated rings. The molecule has 1 amide bonds. The van der Waals surface area contributed by atoms with Crippen LogP contribution in [0, 0.1) is 0 Å². The highest BCUT2D eigenvalue weighted by Crippen LogP contribution is 2.31. The quantitative estimate of drug-likeness (QED) is 0.833. The van der Waals surface area contributed by atoms with Crippen LogP contribution < -0.4 is 5.73 Å². The Morgan fingerprint density at radius 1 is 1.56 bits per heavy atom. The van der Waals surface area contributed by atoms with Crippen molar-refractivity contribution in [1.29, 1.82) is 0 Å². The van der Waals surface area contributed by atoms with Crippen LogP contribution >= 0.6 is 11.6 Å². The van der Waals surface area contributed by atoms with Gasteiger partial charge in [-0.15, -0.1) is 0 Å². The van der Waals surface area contributed by atoms with E-state index < -0.39 is 0 Å². The van der Waals surface area contributed by atoms with Crippen molar-refractivity contribution in [3.63, 3.8) is 0 Å². The Bertz CT molecular complexity index is 426. The Morgan fingerprint density at radius 3 is 2.83 bits per heavy atom. The number of anilines is 1. The lowest BCUT2D eigenvalue weighted by Crippen LogP contribution is -2.36. The smallest absolute Gasteiger partial charge is 0.257 e. The molecular formula is C13H17ClN2O2. The van der Waals surface area contributed by atoms with E-state index in [2.05, 4.69) is 0 Å². The summed E-state index contributed by atoms with van der Waals surface area (Å²) in [6, 6.07) is 5.43. The number of hydrogen-bond donors (Lipinski definition) is 1. The third-order valence-electron chi connectivity index (χ3n) is 3.04. The summed E-state index contributed by atoms with van der Waals surface area (Å²) in [6.45, 7) is 1.09. The van der Waals surface area contributed by atoms with E-state index in [0.29, 0.717) is 35.5 Å². The molecule has 2 N–H and O–H groups in total. The first kappa shape index (κ1) is 13.2. The van der Waals surface area contributed by atoms with E-state index >= 15 is 0 Å².